The van der Waals surface area contributed by atoms with Crippen LogP contribution in [0.3, 0.4) is 0 Å². The van der Waals surface area contributed by atoms with Crippen molar-refractivity contribution in [2.24, 2.45) is 5.92 Å². The van der Waals surface area contributed by atoms with Gasteiger partial charge in [0.25, 0.3) is 0 Å². The first-order valence-corrected chi connectivity index (χ1v) is 16.8. The predicted octanol–water partition coefficient (Wildman–Crippen LogP) is 5.28. The van der Waals surface area contributed by atoms with Crippen molar-refractivity contribution in [1.82, 2.24) is 25.3 Å². The van der Waals surface area contributed by atoms with Gasteiger partial charge < -0.3 is 24.3 Å². The minimum atomic E-state index is -0.942. The number of terminal acetylenes is 1. The monoisotopic (exact) mass is 674 g/mol. The minimum absolute atomic E-state index is 0.0411. The van der Waals surface area contributed by atoms with Crippen LogP contribution in [-0.2, 0) is 4.84 Å². The lowest BCUT2D eigenvalue weighted by Gasteiger charge is -2.32. The fourth-order valence-corrected chi connectivity index (χ4v) is 8.35. The zero-order chi connectivity index (χ0) is 33.9. The maximum atomic E-state index is 17.1. The molecule has 8 rings (SSSR count). The van der Waals surface area contributed by atoms with Gasteiger partial charge in [-0.3, -0.25) is 4.90 Å². The number of phenolic OH excluding ortho intramolecular Hbond substituents is 1. The Hall–Kier alpha value is -4.38. The Bertz CT molecular complexity index is 1990. The van der Waals surface area contributed by atoms with E-state index in [-0.39, 0.29) is 75.9 Å². The fourth-order valence-electron chi connectivity index (χ4n) is 8.35. The quantitative estimate of drug-likeness (QED) is 0.199. The van der Waals surface area contributed by atoms with E-state index in [1.807, 2.05) is 0 Å². The molecule has 256 valence electrons. The normalized spacial score (nSPS) is 25.0. The number of aromatic nitrogens is 3. The maximum Gasteiger partial charge on any atom is 0.319 e. The lowest BCUT2D eigenvalue weighted by Crippen LogP contribution is -2.44. The molecule has 4 aromatic rings. The molecule has 1 unspecified atom stereocenters. The van der Waals surface area contributed by atoms with Crippen LogP contribution in [-0.4, -0.2) is 89.2 Å². The molecule has 6 heterocycles. The van der Waals surface area contributed by atoms with Gasteiger partial charge in [-0.15, -0.1) is 6.42 Å². The van der Waals surface area contributed by atoms with E-state index in [9.17, 15) is 13.9 Å². The summed E-state index contributed by atoms with van der Waals surface area (Å²) in [7, 11) is 1.58. The van der Waals surface area contributed by atoms with Gasteiger partial charge in [-0.1, -0.05) is 18.4 Å². The van der Waals surface area contributed by atoms with Crippen LogP contribution in [0, 0.1) is 29.9 Å². The van der Waals surface area contributed by atoms with E-state index in [1.54, 1.807) is 7.11 Å². The molecule has 13 heteroatoms. The summed E-state index contributed by atoms with van der Waals surface area (Å²) in [4.78, 5) is 23.6. The number of nitrogens with zero attached hydrogens (tertiary/aromatic N) is 5. The van der Waals surface area contributed by atoms with Gasteiger partial charge in [-0.25, -0.2) is 23.6 Å². The van der Waals surface area contributed by atoms with Crippen LogP contribution in [0.4, 0.5) is 19.0 Å². The lowest BCUT2D eigenvalue weighted by molar-refractivity contribution is 0.0796. The lowest BCUT2D eigenvalue weighted by atomic mass is 9.95. The molecule has 0 radical (unpaired) electrons. The average Bonchev–Trinajstić information content (AvgIpc) is 3.47. The predicted molar refractivity (Wildman–Crippen MR) is 177 cm³/mol. The molecule has 0 spiro atoms. The average molecular weight is 675 g/mol. The van der Waals surface area contributed by atoms with Gasteiger partial charge in [-0.2, -0.15) is 9.97 Å². The van der Waals surface area contributed by atoms with Crippen LogP contribution >= 0.6 is 0 Å². The van der Waals surface area contributed by atoms with Crippen molar-refractivity contribution >= 4 is 27.5 Å². The summed E-state index contributed by atoms with van der Waals surface area (Å²) in [5, 5.41) is 11.6. The van der Waals surface area contributed by atoms with Crippen molar-refractivity contribution in [2.45, 2.75) is 56.3 Å². The summed E-state index contributed by atoms with van der Waals surface area (Å²) in [6, 6.07) is 5.28. The number of hydroxylamine groups is 1. The van der Waals surface area contributed by atoms with E-state index < -0.39 is 23.3 Å². The van der Waals surface area contributed by atoms with E-state index in [2.05, 4.69) is 31.2 Å². The third-order valence-electron chi connectivity index (χ3n) is 10.6. The van der Waals surface area contributed by atoms with Crippen molar-refractivity contribution in [2.75, 3.05) is 51.4 Å². The van der Waals surface area contributed by atoms with Gasteiger partial charge in [0.15, 0.2) is 5.82 Å². The Morgan fingerprint density at radius 2 is 2.02 bits per heavy atom. The van der Waals surface area contributed by atoms with Crippen molar-refractivity contribution in [1.29, 1.82) is 0 Å². The smallest absolute Gasteiger partial charge is 0.319 e. The van der Waals surface area contributed by atoms with Crippen molar-refractivity contribution in [3.63, 3.8) is 0 Å². The van der Waals surface area contributed by atoms with E-state index >= 15 is 4.39 Å². The van der Waals surface area contributed by atoms with E-state index in [0.717, 1.165) is 38.6 Å². The number of ether oxygens (including phenoxy) is 2. The summed E-state index contributed by atoms with van der Waals surface area (Å²) in [6.45, 7) is 2.77. The first-order chi connectivity index (χ1) is 23.8. The van der Waals surface area contributed by atoms with E-state index in [4.69, 9.17) is 25.7 Å². The van der Waals surface area contributed by atoms with Crippen LogP contribution in [0.15, 0.2) is 24.3 Å². The summed E-state index contributed by atoms with van der Waals surface area (Å²) in [5.41, 5.74) is 2.20. The van der Waals surface area contributed by atoms with E-state index in [1.165, 1.54) is 24.3 Å². The number of benzene rings is 2. The molecule has 4 aliphatic rings. The molecule has 2 aromatic heterocycles. The van der Waals surface area contributed by atoms with Gasteiger partial charge in [0.1, 0.15) is 53.4 Å². The summed E-state index contributed by atoms with van der Waals surface area (Å²) >= 11 is 0. The molecular formula is C36H37F3N6O4. The minimum Gasteiger partial charge on any atom is -0.508 e. The number of pyridine rings is 1. The number of phenols is 1. The number of fused-ring (bicyclic) bond motifs is 4. The van der Waals surface area contributed by atoms with Crippen LogP contribution in [0.1, 0.15) is 44.1 Å². The van der Waals surface area contributed by atoms with Crippen LogP contribution in [0.5, 0.6) is 17.6 Å². The van der Waals surface area contributed by atoms with Crippen LogP contribution in [0.2, 0.25) is 0 Å². The highest BCUT2D eigenvalue weighted by molar-refractivity contribution is 6.04. The standard InChI is InChI=1S/C36H37F3N6O4/c1-3-25-27(38)9-8-21-12-24(46)13-26(28(21)25)31-30(39)32-29-33(43-35(42-32)49-19-36-10-5-11-44(36)17-22(37)14-36)45-16-20(15-40-47-2)6-4-7-23(45)18-48-34(29)41-31/h1,8-9,12-13,20,22-23,40,46H,4-7,10-11,14-19H2,2H3/t20?,22-,23+,36+/m1/s1. The molecule has 4 aliphatic heterocycles. The third-order valence-corrected chi connectivity index (χ3v) is 10.6. The molecule has 3 fully saturated rings. The highest BCUT2D eigenvalue weighted by Gasteiger charge is 2.49. The Morgan fingerprint density at radius 1 is 1.14 bits per heavy atom. The highest BCUT2D eigenvalue weighted by Crippen LogP contribution is 2.45. The van der Waals surface area contributed by atoms with Gasteiger partial charge in [0, 0.05) is 37.0 Å². The molecule has 0 saturated carbocycles. The number of aromatic hydroxyl groups is 1. The first-order valence-electron chi connectivity index (χ1n) is 16.8. The maximum absolute atomic E-state index is 17.1. The van der Waals surface area contributed by atoms with Crippen LogP contribution in [0.25, 0.3) is 32.9 Å². The highest BCUT2D eigenvalue weighted by atomic mass is 19.1. The van der Waals surface area contributed by atoms with Gasteiger partial charge in [0.05, 0.1) is 24.3 Å². The second-order valence-corrected chi connectivity index (χ2v) is 13.6. The molecule has 49 heavy (non-hydrogen) atoms. The summed E-state index contributed by atoms with van der Waals surface area (Å²) < 4.78 is 59.4. The molecule has 0 bridgehead atoms. The van der Waals surface area contributed by atoms with E-state index in [0.29, 0.717) is 37.3 Å². The molecule has 0 amide bonds. The van der Waals surface area contributed by atoms with Crippen molar-refractivity contribution in [3.8, 4) is 41.2 Å². The Labute approximate surface area is 281 Å². The zero-order valence-corrected chi connectivity index (χ0v) is 27.1. The Balaban J connectivity index is 1.32. The number of rotatable bonds is 7. The number of hydrogen-bond acceptors (Lipinski definition) is 10. The number of alkyl halides is 1. The van der Waals surface area contributed by atoms with Crippen molar-refractivity contribution < 1.29 is 32.6 Å². The second kappa shape index (κ2) is 12.5. The molecule has 10 nitrogen and oxygen atoms in total. The largest absolute Gasteiger partial charge is 0.508 e. The second-order valence-electron chi connectivity index (χ2n) is 13.6. The van der Waals surface area contributed by atoms with Crippen LogP contribution < -0.4 is 19.9 Å². The van der Waals surface area contributed by atoms with Gasteiger partial charge in [0.2, 0.25) is 5.88 Å². The molecule has 2 aromatic carbocycles. The summed E-state index contributed by atoms with van der Waals surface area (Å²) in [6.07, 6.45) is 9.55. The molecule has 2 N–H and O–H groups in total. The number of hydrogen-bond donors (Lipinski definition) is 2. The molecular weight excluding hydrogens is 637 g/mol. The Kier molecular flexibility index (Phi) is 8.13. The molecule has 0 aliphatic carbocycles. The summed E-state index contributed by atoms with van der Waals surface area (Å²) in [5.74, 6) is 1.46. The first kappa shape index (κ1) is 31.9. The number of anilines is 1. The fraction of sp³-hybridized carbons (Fsp3) is 0.472. The zero-order valence-electron chi connectivity index (χ0n) is 27.1. The number of nitrogens with one attached hydrogen (secondary N) is 1. The molecule has 4 atom stereocenters. The van der Waals surface area contributed by atoms with Gasteiger partial charge >= 0.3 is 6.01 Å². The Morgan fingerprint density at radius 3 is 2.86 bits per heavy atom. The third kappa shape index (κ3) is 5.46. The molecule has 3 saturated heterocycles. The number of halogens is 3. The van der Waals surface area contributed by atoms with Gasteiger partial charge in [-0.05, 0) is 61.7 Å². The topological polar surface area (TPSA) is 105 Å². The SMILES string of the molecule is C#Cc1c(F)ccc2cc(O)cc(-c3nc4c5c(nc(OC[C@@]67CCCN6C[C@H](F)C7)nc5c3F)N3CC(CNOC)CCC[C@H]3CO4)c12. The van der Waals surface area contributed by atoms with Crippen molar-refractivity contribution in [3.05, 3.63) is 41.5 Å².